The normalized spacial score (nSPS) is 19.5. The van der Waals surface area contributed by atoms with Crippen LogP contribution in [-0.2, 0) is 14.3 Å². The molecule has 3 heterocycles. The van der Waals surface area contributed by atoms with E-state index in [0.29, 0.717) is 4.88 Å². The summed E-state index contributed by atoms with van der Waals surface area (Å²) < 4.78 is 35.3. The molecule has 11 heteroatoms. The molecule has 0 saturated carbocycles. The third-order valence-corrected chi connectivity index (χ3v) is 6.46. The third-order valence-electron chi connectivity index (χ3n) is 4.84. The van der Waals surface area contributed by atoms with Gasteiger partial charge in [0.2, 0.25) is 5.91 Å². The number of morpholine rings is 1. The van der Waals surface area contributed by atoms with Gasteiger partial charge in [0.05, 0.1) is 32.7 Å². The topological polar surface area (TPSA) is 79.0 Å². The number of anilines is 2. The molecule has 3 amide bonds. The number of amides is 3. The summed E-state index contributed by atoms with van der Waals surface area (Å²) in [7, 11) is 0. The number of benzene rings is 1. The Hall–Kier alpha value is -2.37. The Bertz CT molecular complexity index is 1030. The highest BCUT2D eigenvalue weighted by atomic mass is 79.9. The van der Waals surface area contributed by atoms with Crippen molar-refractivity contribution in [2.24, 2.45) is 0 Å². The predicted octanol–water partition coefficient (Wildman–Crippen LogP) is 2.69. The molecule has 0 aliphatic carbocycles. The first-order valence-electron chi connectivity index (χ1n) is 9.07. The highest BCUT2D eigenvalue weighted by Crippen LogP contribution is 2.32. The largest absolute Gasteiger partial charge is 0.370 e. The molecule has 2 saturated heterocycles. The van der Waals surface area contributed by atoms with Gasteiger partial charge in [-0.25, -0.2) is 8.78 Å². The van der Waals surface area contributed by atoms with Crippen LogP contribution in [0.15, 0.2) is 28.1 Å². The summed E-state index contributed by atoms with van der Waals surface area (Å²) in [6, 6.07) is 4.68. The fourth-order valence-corrected chi connectivity index (χ4v) is 4.73. The van der Waals surface area contributed by atoms with Crippen molar-refractivity contribution in [3.63, 3.8) is 0 Å². The van der Waals surface area contributed by atoms with Crippen LogP contribution in [0.2, 0.25) is 0 Å². The van der Waals surface area contributed by atoms with Crippen molar-refractivity contribution in [2.45, 2.75) is 12.5 Å². The number of carbonyl (C=O) groups excluding carboxylic acids is 3. The third kappa shape index (κ3) is 4.09. The molecule has 0 unspecified atom stereocenters. The van der Waals surface area contributed by atoms with Gasteiger partial charge in [-0.05, 0) is 28.1 Å². The van der Waals surface area contributed by atoms with E-state index in [2.05, 4.69) is 21.2 Å². The van der Waals surface area contributed by atoms with Gasteiger partial charge in [0, 0.05) is 31.6 Å². The first kappa shape index (κ1) is 20.9. The number of nitrogens with zero attached hydrogens (tertiary/aromatic N) is 2. The van der Waals surface area contributed by atoms with E-state index in [-0.39, 0.29) is 50.0 Å². The van der Waals surface area contributed by atoms with Gasteiger partial charge in [0.1, 0.15) is 18.2 Å². The minimum Gasteiger partial charge on any atom is -0.370 e. The van der Waals surface area contributed by atoms with Gasteiger partial charge in [-0.1, -0.05) is 0 Å². The Morgan fingerprint density at radius 2 is 1.83 bits per heavy atom. The molecule has 1 aromatic carbocycles. The standard InChI is InChI=1S/C19H16BrF2N3O4S/c20-16-2-1-15(30-16)19(28)23-10-5-17(26)25(8-10)14-7-11(21)13(6-12(14)22)24-3-4-29-9-18(24)27/h1-2,6-7,10H,3-5,8-9H2,(H,23,28)/t10-/m1/s1. The summed E-state index contributed by atoms with van der Waals surface area (Å²) in [6.07, 6.45) is -0.0248. The Kier molecular flexibility index (Phi) is 5.85. The van der Waals surface area contributed by atoms with Crippen LogP contribution in [0.5, 0.6) is 0 Å². The molecule has 1 aromatic heterocycles. The number of halogens is 3. The van der Waals surface area contributed by atoms with Gasteiger partial charge in [0.25, 0.3) is 11.8 Å². The van der Waals surface area contributed by atoms with E-state index >= 15 is 0 Å². The molecule has 1 N–H and O–H groups in total. The maximum Gasteiger partial charge on any atom is 0.261 e. The lowest BCUT2D eigenvalue weighted by molar-refractivity contribution is -0.125. The van der Waals surface area contributed by atoms with Gasteiger partial charge in [0.15, 0.2) is 0 Å². The molecule has 158 valence electrons. The fraction of sp³-hybridized carbons (Fsp3) is 0.316. The fourth-order valence-electron chi connectivity index (χ4n) is 3.44. The second-order valence-corrected chi connectivity index (χ2v) is 9.30. The van der Waals surface area contributed by atoms with Crippen molar-refractivity contribution >= 4 is 56.4 Å². The van der Waals surface area contributed by atoms with E-state index in [9.17, 15) is 23.2 Å². The van der Waals surface area contributed by atoms with E-state index in [1.807, 2.05) is 0 Å². The average Bonchev–Trinajstić information content (AvgIpc) is 3.29. The number of ether oxygens (including phenoxy) is 1. The summed E-state index contributed by atoms with van der Waals surface area (Å²) in [5.41, 5.74) is -0.415. The molecule has 7 nitrogen and oxygen atoms in total. The van der Waals surface area contributed by atoms with Crippen molar-refractivity contribution in [1.29, 1.82) is 0 Å². The van der Waals surface area contributed by atoms with Crippen molar-refractivity contribution in [2.75, 3.05) is 36.1 Å². The molecule has 2 aliphatic rings. The lowest BCUT2D eigenvalue weighted by atomic mass is 10.2. The van der Waals surface area contributed by atoms with Crippen LogP contribution in [0.25, 0.3) is 0 Å². The van der Waals surface area contributed by atoms with Crippen molar-refractivity contribution in [1.82, 2.24) is 5.32 Å². The lowest BCUT2D eigenvalue weighted by Gasteiger charge is -2.28. The zero-order chi connectivity index (χ0) is 21.4. The van der Waals surface area contributed by atoms with Crippen molar-refractivity contribution in [3.05, 3.63) is 44.6 Å². The van der Waals surface area contributed by atoms with E-state index < -0.39 is 29.5 Å². The molecule has 1 atom stereocenters. The smallest absolute Gasteiger partial charge is 0.261 e. The van der Waals surface area contributed by atoms with Crippen molar-refractivity contribution in [3.8, 4) is 0 Å². The average molecular weight is 500 g/mol. The number of hydrogen-bond acceptors (Lipinski definition) is 5. The summed E-state index contributed by atoms with van der Waals surface area (Å²) in [5, 5.41) is 2.75. The lowest BCUT2D eigenvalue weighted by Crippen LogP contribution is -2.42. The summed E-state index contributed by atoms with van der Waals surface area (Å²) in [5.74, 6) is -2.87. The molecule has 0 bridgehead atoms. The van der Waals surface area contributed by atoms with Crippen LogP contribution < -0.4 is 15.1 Å². The van der Waals surface area contributed by atoms with E-state index in [4.69, 9.17) is 4.74 Å². The number of thiophene rings is 1. The predicted molar refractivity (Wildman–Crippen MR) is 110 cm³/mol. The molecule has 0 radical (unpaired) electrons. The summed E-state index contributed by atoms with van der Waals surface area (Å²) >= 11 is 4.54. The van der Waals surface area contributed by atoms with Crippen LogP contribution in [0.3, 0.4) is 0 Å². The van der Waals surface area contributed by atoms with E-state index in [1.54, 1.807) is 12.1 Å². The minimum atomic E-state index is -0.826. The first-order chi connectivity index (χ1) is 14.3. The number of nitrogens with one attached hydrogen (secondary N) is 1. The monoisotopic (exact) mass is 499 g/mol. The number of rotatable bonds is 4. The second-order valence-electron chi connectivity index (χ2n) is 6.84. The minimum absolute atomic E-state index is 0.0172. The summed E-state index contributed by atoms with van der Waals surface area (Å²) in [6.45, 7) is 0.157. The number of hydrogen-bond donors (Lipinski definition) is 1. The molecule has 2 aliphatic heterocycles. The quantitative estimate of drug-likeness (QED) is 0.701. The molecule has 2 fully saturated rings. The van der Waals surface area contributed by atoms with Crippen LogP contribution in [0, 0.1) is 11.6 Å². The Balaban J connectivity index is 1.51. The highest BCUT2D eigenvalue weighted by molar-refractivity contribution is 9.11. The summed E-state index contributed by atoms with van der Waals surface area (Å²) in [4.78, 5) is 39.3. The SMILES string of the molecule is O=C(N[C@@H]1CC(=O)N(c2cc(F)c(N3CCOCC3=O)cc2F)C1)c1ccc(Br)s1. The van der Waals surface area contributed by atoms with E-state index in [0.717, 1.165) is 25.7 Å². The molecule has 0 spiro atoms. The van der Waals surface area contributed by atoms with E-state index in [1.165, 1.54) is 11.3 Å². The van der Waals surface area contributed by atoms with Gasteiger partial charge in [-0.2, -0.15) is 0 Å². The maximum atomic E-state index is 14.8. The zero-order valence-electron chi connectivity index (χ0n) is 15.5. The van der Waals surface area contributed by atoms with Crippen LogP contribution in [0.4, 0.5) is 20.2 Å². The molecule has 2 aromatic rings. The Labute approximate surface area is 182 Å². The van der Waals surface area contributed by atoms with Crippen LogP contribution in [-0.4, -0.2) is 50.1 Å². The van der Waals surface area contributed by atoms with Gasteiger partial charge in [-0.15, -0.1) is 11.3 Å². The number of carbonyl (C=O) groups is 3. The van der Waals surface area contributed by atoms with Crippen molar-refractivity contribution < 1.29 is 27.9 Å². The molecular formula is C19H16BrF2N3O4S. The molecule has 30 heavy (non-hydrogen) atoms. The molecular weight excluding hydrogens is 484 g/mol. The first-order valence-corrected chi connectivity index (χ1v) is 10.7. The van der Waals surface area contributed by atoms with Crippen LogP contribution >= 0.6 is 27.3 Å². The van der Waals surface area contributed by atoms with Gasteiger partial charge >= 0.3 is 0 Å². The molecule has 4 rings (SSSR count). The maximum absolute atomic E-state index is 14.8. The second kappa shape index (κ2) is 8.40. The Morgan fingerprint density at radius 3 is 2.47 bits per heavy atom. The Morgan fingerprint density at radius 1 is 1.13 bits per heavy atom. The van der Waals surface area contributed by atoms with Gasteiger partial charge in [-0.3, -0.25) is 14.4 Å². The van der Waals surface area contributed by atoms with Gasteiger partial charge < -0.3 is 19.9 Å². The highest BCUT2D eigenvalue weighted by Gasteiger charge is 2.34. The van der Waals surface area contributed by atoms with Crippen LogP contribution in [0.1, 0.15) is 16.1 Å². The zero-order valence-corrected chi connectivity index (χ0v) is 17.9.